The molecule has 0 bridgehead atoms. The highest BCUT2D eigenvalue weighted by molar-refractivity contribution is 9.10. The molecule has 0 aliphatic carbocycles. The van der Waals surface area contributed by atoms with Gasteiger partial charge in [-0.15, -0.1) is 0 Å². The monoisotopic (exact) mass is 300 g/mol. The van der Waals surface area contributed by atoms with Crippen LogP contribution in [0.2, 0.25) is 0 Å². The molecule has 1 N–H and O–H groups in total. The van der Waals surface area contributed by atoms with Gasteiger partial charge in [0.1, 0.15) is 5.60 Å². The Morgan fingerprint density at radius 1 is 1.53 bits per heavy atom. The van der Waals surface area contributed by atoms with Gasteiger partial charge in [0.25, 0.3) is 0 Å². The zero-order valence-electron chi connectivity index (χ0n) is 10.5. The molecule has 4 nitrogen and oxygen atoms in total. The van der Waals surface area contributed by atoms with Crippen LogP contribution in [0.3, 0.4) is 0 Å². The van der Waals surface area contributed by atoms with Crippen molar-refractivity contribution in [1.82, 2.24) is 10.3 Å². The summed E-state index contributed by atoms with van der Waals surface area (Å²) >= 11 is 3.39. The van der Waals surface area contributed by atoms with Crippen LogP contribution in [-0.4, -0.2) is 16.7 Å². The minimum absolute atomic E-state index is 0.137. The fourth-order valence-electron chi connectivity index (χ4n) is 1.30. The summed E-state index contributed by atoms with van der Waals surface area (Å²) in [6.45, 7) is 7.39. The van der Waals surface area contributed by atoms with Crippen molar-refractivity contribution in [3.8, 4) is 0 Å². The summed E-state index contributed by atoms with van der Waals surface area (Å²) in [6.07, 6.45) is 2.96. The van der Waals surface area contributed by atoms with Crippen LogP contribution in [0.1, 0.15) is 39.3 Å². The molecule has 5 heteroatoms. The smallest absolute Gasteiger partial charge is 0.408 e. The van der Waals surface area contributed by atoms with Gasteiger partial charge in [-0.2, -0.15) is 0 Å². The van der Waals surface area contributed by atoms with Crippen LogP contribution in [0.15, 0.2) is 22.9 Å². The highest BCUT2D eigenvalue weighted by Crippen LogP contribution is 2.22. The average Bonchev–Trinajstić information content (AvgIpc) is 2.14. The third kappa shape index (κ3) is 4.73. The molecule has 1 aromatic heterocycles. The fourth-order valence-corrected chi connectivity index (χ4v) is 1.89. The van der Waals surface area contributed by atoms with Gasteiger partial charge < -0.3 is 10.1 Å². The summed E-state index contributed by atoms with van der Waals surface area (Å²) in [5.41, 5.74) is 0.477. The van der Waals surface area contributed by atoms with Crippen LogP contribution in [-0.2, 0) is 4.74 Å². The van der Waals surface area contributed by atoms with Gasteiger partial charge in [-0.3, -0.25) is 4.98 Å². The summed E-state index contributed by atoms with van der Waals surface area (Å²) < 4.78 is 6.05. The average molecular weight is 301 g/mol. The second-order valence-corrected chi connectivity index (χ2v) is 5.62. The number of aromatic nitrogens is 1. The molecule has 0 radical (unpaired) electrons. The highest BCUT2D eigenvalue weighted by atomic mass is 79.9. The highest BCUT2D eigenvalue weighted by Gasteiger charge is 2.19. The van der Waals surface area contributed by atoms with E-state index in [4.69, 9.17) is 4.74 Å². The van der Waals surface area contributed by atoms with Crippen LogP contribution in [0, 0.1) is 0 Å². The number of nitrogens with one attached hydrogen (secondary N) is 1. The van der Waals surface area contributed by atoms with Gasteiger partial charge in [0.15, 0.2) is 0 Å². The third-order valence-electron chi connectivity index (χ3n) is 2.00. The van der Waals surface area contributed by atoms with Gasteiger partial charge in [0, 0.05) is 16.9 Å². The lowest BCUT2D eigenvalue weighted by Gasteiger charge is -2.22. The maximum Gasteiger partial charge on any atom is 0.408 e. The van der Waals surface area contributed by atoms with E-state index < -0.39 is 11.7 Å². The number of alkyl carbamates (subject to hydrolysis) is 1. The molecule has 0 spiro atoms. The van der Waals surface area contributed by atoms with E-state index in [1.165, 1.54) is 0 Å². The van der Waals surface area contributed by atoms with Crippen molar-refractivity contribution in [1.29, 1.82) is 0 Å². The predicted molar refractivity (Wildman–Crippen MR) is 69.7 cm³/mol. The second-order valence-electron chi connectivity index (χ2n) is 4.77. The number of halogens is 1. The van der Waals surface area contributed by atoms with Crippen LogP contribution >= 0.6 is 15.9 Å². The number of rotatable bonds is 2. The number of ether oxygens (including phenoxy) is 1. The molecular formula is C12H17BrN2O2. The van der Waals surface area contributed by atoms with Crippen LogP contribution in [0.4, 0.5) is 4.79 Å². The molecule has 1 heterocycles. The molecule has 0 saturated carbocycles. The summed E-state index contributed by atoms with van der Waals surface area (Å²) in [7, 11) is 0. The van der Waals surface area contributed by atoms with E-state index in [2.05, 4.69) is 26.2 Å². The topological polar surface area (TPSA) is 51.2 Å². The van der Waals surface area contributed by atoms with Gasteiger partial charge in [-0.1, -0.05) is 0 Å². The minimum atomic E-state index is -0.487. The fraction of sp³-hybridized carbons (Fsp3) is 0.500. The van der Waals surface area contributed by atoms with Crippen molar-refractivity contribution in [3.05, 3.63) is 28.5 Å². The Balaban J connectivity index is 2.64. The standard InChI is InChI=1S/C12H17BrN2O2/c1-8(9-5-6-14-7-10(9)13)15-11(16)17-12(2,3)4/h5-8H,1-4H3,(H,15,16)/t8-/m0/s1. The van der Waals surface area contributed by atoms with Crippen molar-refractivity contribution in [3.63, 3.8) is 0 Å². The Hall–Kier alpha value is -1.10. The lowest BCUT2D eigenvalue weighted by molar-refractivity contribution is 0.0508. The lowest BCUT2D eigenvalue weighted by atomic mass is 10.1. The Bertz CT molecular complexity index is 402. The first-order valence-corrected chi connectivity index (χ1v) is 6.18. The molecular weight excluding hydrogens is 284 g/mol. The van der Waals surface area contributed by atoms with Crippen LogP contribution < -0.4 is 5.32 Å². The minimum Gasteiger partial charge on any atom is -0.444 e. The van der Waals surface area contributed by atoms with Crippen molar-refractivity contribution >= 4 is 22.0 Å². The number of amides is 1. The normalized spacial score (nSPS) is 13.0. The van der Waals surface area contributed by atoms with E-state index in [-0.39, 0.29) is 6.04 Å². The molecule has 0 aromatic carbocycles. The molecule has 1 rings (SSSR count). The first kappa shape index (κ1) is 14.0. The third-order valence-corrected chi connectivity index (χ3v) is 2.67. The Morgan fingerprint density at radius 3 is 2.71 bits per heavy atom. The number of carbonyl (C=O) groups excluding carboxylic acids is 1. The van der Waals surface area contributed by atoms with E-state index in [1.807, 2.05) is 33.8 Å². The molecule has 0 saturated heterocycles. The molecule has 94 valence electrons. The van der Waals surface area contributed by atoms with Gasteiger partial charge in [-0.05, 0) is 55.3 Å². The molecule has 0 unspecified atom stereocenters. The number of nitrogens with zero attached hydrogens (tertiary/aromatic N) is 1. The SMILES string of the molecule is C[C@H](NC(=O)OC(C)(C)C)c1ccncc1Br. The van der Waals surface area contributed by atoms with Gasteiger partial charge >= 0.3 is 6.09 Å². The van der Waals surface area contributed by atoms with E-state index in [0.717, 1.165) is 10.0 Å². The molecule has 1 amide bonds. The van der Waals surface area contributed by atoms with Crippen molar-refractivity contribution in [2.45, 2.75) is 39.3 Å². The molecule has 1 atom stereocenters. The number of hydrogen-bond donors (Lipinski definition) is 1. The van der Waals surface area contributed by atoms with E-state index in [1.54, 1.807) is 12.4 Å². The maximum absolute atomic E-state index is 11.6. The molecule has 17 heavy (non-hydrogen) atoms. The van der Waals surface area contributed by atoms with Crippen molar-refractivity contribution in [2.24, 2.45) is 0 Å². The zero-order valence-corrected chi connectivity index (χ0v) is 12.0. The van der Waals surface area contributed by atoms with Gasteiger partial charge in [0.05, 0.1) is 6.04 Å². The lowest BCUT2D eigenvalue weighted by Crippen LogP contribution is -2.34. The van der Waals surface area contributed by atoms with Crippen molar-refractivity contribution in [2.75, 3.05) is 0 Å². The van der Waals surface area contributed by atoms with Crippen LogP contribution in [0.5, 0.6) is 0 Å². The molecule has 0 aliphatic rings. The number of carbonyl (C=O) groups is 1. The first-order chi connectivity index (χ1) is 7.79. The molecule has 0 fully saturated rings. The van der Waals surface area contributed by atoms with Gasteiger partial charge in [0.2, 0.25) is 0 Å². The zero-order chi connectivity index (χ0) is 13.1. The maximum atomic E-state index is 11.6. The predicted octanol–water partition coefficient (Wildman–Crippen LogP) is 3.43. The quantitative estimate of drug-likeness (QED) is 0.910. The van der Waals surface area contributed by atoms with E-state index in [9.17, 15) is 4.79 Å². The molecule has 1 aromatic rings. The summed E-state index contributed by atoms with van der Waals surface area (Å²) in [6, 6.07) is 1.72. The first-order valence-electron chi connectivity index (χ1n) is 5.38. The van der Waals surface area contributed by atoms with E-state index >= 15 is 0 Å². The molecule has 0 aliphatic heterocycles. The Morgan fingerprint density at radius 2 is 2.18 bits per heavy atom. The number of pyridine rings is 1. The summed E-state index contributed by atoms with van der Waals surface area (Å²) in [5, 5.41) is 2.77. The Kier molecular flexibility index (Phi) is 4.51. The van der Waals surface area contributed by atoms with E-state index in [0.29, 0.717) is 0 Å². The Labute approximate surface area is 110 Å². The summed E-state index contributed by atoms with van der Waals surface area (Å²) in [5.74, 6) is 0. The largest absolute Gasteiger partial charge is 0.444 e. The van der Waals surface area contributed by atoms with Crippen molar-refractivity contribution < 1.29 is 9.53 Å². The second kappa shape index (κ2) is 5.49. The number of hydrogen-bond acceptors (Lipinski definition) is 3. The summed E-state index contributed by atoms with van der Waals surface area (Å²) in [4.78, 5) is 15.6. The van der Waals surface area contributed by atoms with Gasteiger partial charge in [-0.25, -0.2) is 4.79 Å². The van der Waals surface area contributed by atoms with Crippen LogP contribution in [0.25, 0.3) is 0 Å².